The Hall–Kier alpha value is -0.120. The number of hydrogen-bond acceptors (Lipinski definition) is 3. The van der Waals surface area contributed by atoms with Crippen molar-refractivity contribution >= 4 is 0 Å². The van der Waals surface area contributed by atoms with Gasteiger partial charge < -0.3 is 15.1 Å². The van der Waals surface area contributed by atoms with E-state index in [1.807, 2.05) is 0 Å². The van der Waals surface area contributed by atoms with Gasteiger partial charge in [-0.25, -0.2) is 0 Å². The van der Waals surface area contributed by atoms with Gasteiger partial charge in [-0.1, -0.05) is 0 Å². The van der Waals surface area contributed by atoms with E-state index in [1.54, 1.807) is 0 Å². The Labute approximate surface area is 100 Å². The van der Waals surface area contributed by atoms with Crippen LogP contribution in [0.25, 0.3) is 0 Å². The van der Waals surface area contributed by atoms with Crippen LogP contribution in [0.2, 0.25) is 0 Å². The van der Waals surface area contributed by atoms with Gasteiger partial charge >= 0.3 is 0 Å². The molecule has 1 unspecified atom stereocenters. The van der Waals surface area contributed by atoms with Crippen LogP contribution in [-0.2, 0) is 0 Å². The monoisotopic (exact) mass is 225 g/mol. The maximum Gasteiger partial charge on any atom is 0.0120 e. The number of likely N-dealkylation sites (tertiary alicyclic amines) is 1. The molecule has 0 saturated carbocycles. The van der Waals surface area contributed by atoms with Gasteiger partial charge in [-0.2, -0.15) is 0 Å². The van der Waals surface area contributed by atoms with E-state index in [2.05, 4.69) is 29.1 Å². The molecule has 2 aliphatic rings. The lowest BCUT2D eigenvalue weighted by Crippen LogP contribution is -2.47. The van der Waals surface area contributed by atoms with Crippen LogP contribution in [0.5, 0.6) is 0 Å². The van der Waals surface area contributed by atoms with Crippen molar-refractivity contribution in [2.75, 3.05) is 39.8 Å². The Morgan fingerprint density at radius 3 is 2.50 bits per heavy atom. The lowest BCUT2D eigenvalue weighted by atomic mass is 10.0. The zero-order valence-corrected chi connectivity index (χ0v) is 10.9. The minimum absolute atomic E-state index is 0.703. The zero-order chi connectivity index (χ0) is 11.4. The Balaban J connectivity index is 1.82. The van der Waals surface area contributed by atoms with Gasteiger partial charge in [0.1, 0.15) is 0 Å². The summed E-state index contributed by atoms with van der Waals surface area (Å²) in [6.45, 7) is 8.68. The van der Waals surface area contributed by atoms with Crippen LogP contribution >= 0.6 is 0 Å². The Kier molecular flexibility index (Phi) is 4.62. The van der Waals surface area contributed by atoms with Crippen LogP contribution in [0, 0.1) is 0 Å². The van der Waals surface area contributed by atoms with E-state index in [0.29, 0.717) is 6.04 Å². The second-order valence-corrected chi connectivity index (χ2v) is 5.57. The maximum absolute atomic E-state index is 3.58. The zero-order valence-electron chi connectivity index (χ0n) is 10.9. The molecule has 0 radical (unpaired) electrons. The van der Waals surface area contributed by atoms with Crippen LogP contribution in [-0.4, -0.2) is 61.7 Å². The van der Waals surface area contributed by atoms with Gasteiger partial charge in [0.05, 0.1) is 0 Å². The summed E-state index contributed by atoms with van der Waals surface area (Å²) in [7, 11) is 2.25. The Morgan fingerprint density at radius 1 is 1.00 bits per heavy atom. The second-order valence-electron chi connectivity index (χ2n) is 5.57. The first-order valence-corrected chi connectivity index (χ1v) is 6.91. The number of hydrogen-bond donors (Lipinski definition) is 1. The van der Waals surface area contributed by atoms with Gasteiger partial charge in [-0.05, 0) is 72.4 Å². The van der Waals surface area contributed by atoms with Gasteiger partial charge in [0.2, 0.25) is 0 Å². The van der Waals surface area contributed by atoms with Crippen LogP contribution < -0.4 is 5.32 Å². The standard InChI is InChI=1S/C13H27N3/c1-12-4-11-16(8-3-7-14-12)13-5-9-15(2)10-6-13/h12-14H,3-11H2,1-2H3. The first-order valence-electron chi connectivity index (χ1n) is 6.91. The molecule has 2 fully saturated rings. The molecule has 0 aromatic heterocycles. The highest BCUT2D eigenvalue weighted by Gasteiger charge is 2.23. The smallest absolute Gasteiger partial charge is 0.0120 e. The summed E-state index contributed by atoms with van der Waals surface area (Å²) in [5, 5.41) is 3.58. The quantitative estimate of drug-likeness (QED) is 0.722. The van der Waals surface area contributed by atoms with Gasteiger partial charge in [0, 0.05) is 12.1 Å². The molecule has 0 spiro atoms. The molecule has 2 aliphatic heterocycles. The average Bonchev–Trinajstić information content (AvgIpc) is 2.26. The molecular formula is C13H27N3. The lowest BCUT2D eigenvalue weighted by Gasteiger charge is -2.39. The van der Waals surface area contributed by atoms with Crippen molar-refractivity contribution in [2.45, 2.75) is 44.7 Å². The van der Waals surface area contributed by atoms with Crippen molar-refractivity contribution in [1.82, 2.24) is 15.1 Å². The van der Waals surface area contributed by atoms with Crippen molar-refractivity contribution in [3.63, 3.8) is 0 Å². The third-order valence-electron chi connectivity index (χ3n) is 4.17. The average molecular weight is 225 g/mol. The van der Waals surface area contributed by atoms with E-state index in [0.717, 1.165) is 6.04 Å². The number of piperidine rings is 1. The third kappa shape index (κ3) is 3.44. The van der Waals surface area contributed by atoms with Crippen LogP contribution in [0.1, 0.15) is 32.6 Å². The summed E-state index contributed by atoms with van der Waals surface area (Å²) in [6.07, 6.45) is 5.37. The minimum atomic E-state index is 0.703. The highest BCUT2D eigenvalue weighted by molar-refractivity contribution is 4.81. The second kappa shape index (κ2) is 5.99. The molecule has 3 heteroatoms. The highest BCUT2D eigenvalue weighted by atomic mass is 15.2. The number of rotatable bonds is 1. The lowest BCUT2D eigenvalue weighted by molar-refractivity contribution is 0.110. The molecule has 1 atom stereocenters. The third-order valence-corrected chi connectivity index (χ3v) is 4.17. The van der Waals surface area contributed by atoms with E-state index in [-0.39, 0.29) is 0 Å². The van der Waals surface area contributed by atoms with Crippen molar-refractivity contribution in [3.8, 4) is 0 Å². The van der Waals surface area contributed by atoms with Crippen LogP contribution in [0.4, 0.5) is 0 Å². The van der Waals surface area contributed by atoms with Gasteiger partial charge in [0.25, 0.3) is 0 Å². The molecule has 3 nitrogen and oxygen atoms in total. The molecule has 0 aromatic rings. The fourth-order valence-electron chi connectivity index (χ4n) is 2.93. The van der Waals surface area contributed by atoms with Gasteiger partial charge in [0.15, 0.2) is 0 Å². The number of nitrogens with one attached hydrogen (secondary N) is 1. The summed E-state index contributed by atoms with van der Waals surface area (Å²) in [4.78, 5) is 5.22. The summed E-state index contributed by atoms with van der Waals surface area (Å²) in [6, 6.07) is 1.57. The normalized spacial score (nSPS) is 32.2. The summed E-state index contributed by atoms with van der Waals surface area (Å²) in [5.74, 6) is 0. The summed E-state index contributed by atoms with van der Waals surface area (Å²) >= 11 is 0. The fourth-order valence-corrected chi connectivity index (χ4v) is 2.93. The Morgan fingerprint density at radius 2 is 1.75 bits per heavy atom. The van der Waals surface area contributed by atoms with Gasteiger partial charge in [-0.15, -0.1) is 0 Å². The largest absolute Gasteiger partial charge is 0.314 e. The van der Waals surface area contributed by atoms with E-state index in [9.17, 15) is 0 Å². The molecule has 94 valence electrons. The highest BCUT2D eigenvalue weighted by Crippen LogP contribution is 2.17. The number of nitrogens with zero attached hydrogens (tertiary/aromatic N) is 2. The van der Waals surface area contributed by atoms with Crippen molar-refractivity contribution in [3.05, 3.63) is 0 Å². The SMILES string of the molecule is CC1CCN(C2CCN(C)CC2)CCCN1. The molecule has 2 rings (SSSR count). The van der Waals surface area contributed by atoms with E-state index < -0.39 is 0 Å². The molecule has 16 heavy (non-hydrogen) atoms. The molecule has 1 N–H and O–H groups in total. The minimum Gasteiger partial charge on any atom is -0.314 e. The first-order chi connectivity index (χ1) is 7.75. The predicted molar refractivity (Wildman–Crippen MR) is 68.8 cm³/mol. The van der Waals surface area contributed by atoms with E-state index >= 15 is 0 Å². The van der Waals surface area contributed by atoms with E-state index in [4.69, 9.17) is 0 Å². The van der Waals surface area contributed by atoms with Crippen molar-refractivity contribution in [2.24, 2.45) is 0 Å². The first kappa shape index (κ1) is 12.3. The van der Waals surface area contributed by atoms with Crippen molar-refractivity contribution in [1.29, 1.82) is 0 Å². The molecular weight excluding hydrogens is 198 g/mol. The maximum atomic E-state index is 3.58. The van der Waals surface area contributed by atoms with Crippen LogP contribution in [0.15, 0.2) is 0 Å². The Bertz CT molecular complexity index is 199. The molecule has 0 bridgehead atoms. The van der Waals surface area contributed by atoms with Gasteiger partial charge in [-0.3, -0.25) is 0 Å². The summed E-state index contributed by atoms with van der Waals surface area (Å²) in [5.41, 5.74) is 0. The predicted octanol–water partition coefficient (Wildman–Crippen LogP) is 1.15. The molecule has 2 saturated heterocycles. The van der Waals surface area contributed by atoms with Crippen molar-refractivity contribution < 1.29 is 0 Å². The topological polar surface area (TPSA) is 18.5 Å². The molecule has 0 aromatic carbocycles. The molecule has 0 amide bonds. The molecule has 2 heterocycles. The van der Waals surface area contributed by atoms with E-state index in [1.165, 1.54) is 58.4 Å². The molecule has 0 aliphatic carbocycles. The summed E-state index contributed by atoms with van der Waals surface area (Å²) < 4.78 is 0. The fraction of sp³-hybridized carbons (Fsp3) is 1.00. The van der Waals surface area contributed by atoms with Crippen LogP contribution in [0.3, 0.4) is 0 Å².